The summed E-state index contributed by atoms with van der Waals surface area (Å²) < 4.78 is 0. The summed E-state index contributed by atoms with van der Waals surface area (Å²) in [5.41, 5.74) is 1.67. The fraction of sp³-hybridized carbons (Fsp3) is 0.500. The molecule has 1 amide bonds. The minimum atomic E-state index is -0.193. The molecule has 1 fully saturated rings. The van der Waals surface area contributed by atoms with Crippen molar-refractivity contribution in [2.75, 3.05) is 0 Å². The number of carbonyl (C=O) groups is 1. The third kappa shape index (κ3) is 3.47. The van der Waals surface area contributed by atoms with Crippen molar-refractivity contribution < 1.29 is 9.90 Å². The van der Waals surface area contributed by atoms with Crippen molar-refractivity contribution in [2.45, 2.75) is 43.7 Å². The largest absolute Gasteiger partial charge is 0.393 e. The molecule has 0 unspecified atom stereocenters. The highest BCUT2D eigenvalue weighted by Gasteiger charge is 2.21. The lowest BCUT2D eigenvalue weighted by molar-refractivity contribution is 0.0867. The molecule has 1 aliphatic rings. The summed E-state index contributed by atoms with van der Waals surface area (Å²) in [6, 6.07) is 7.52. The quantitative estimate of drug-likeness (QED) is 0.827. The van der Waals surface area contributed by atoms with E-state index in [0.717, 1.165) is 31.2 Å². The number of nitrogens with one attached hydrogen (secondary N) is 1. The highest BCUT2D eigenvalue weighted by atomic mass is 35.5. The third-order valence-electron chi connectivity index (χ3n) is 3.40. The van der Waals surface area contributed by atoms with E-state index in [1.54, 1.807) is 12.1 Å². The summed E-state index contributed by atoms with van der Waals surface area (Å²) in [6.45, 7) is 0. The zero-order chi connectivity index (χ0) is 13.0. The number of amides is 1. The lowest BCUT2D eigenvalue weighted by Gasteiger charge is -2.26. The number of aliphatic hydroxyl groups excluding tert-OH is 1. The van der Waals surface area contributed by atoms with Crippen molar-refractivity contribution in [3.8, 4) is 0 Å². The third-order valence-corrected chi connectivity index (χ3v) is 3.71. The van der Waals surface area contributed by atoms with Crippen LogP contribution in [0, 0.1) is 0 Å². The lowest BCUT2D eigenvalue weighted by Crippen LogP contribution is -2.38. The summed E-state index contributed by atoms with van der Waals surface area (Å²) >= 11 is 5.70. The number of carbonyl (C=O) groups excluding carboxylic acids is 1. The molecule has 98 valence electrons. The highest BCUT2D eigenvalue weighted by molar-refractivity contribution is 6.17. The Morgan fingerprint density at radius 2 is 1.83 bits per heavy atom. The molecule has 0 saturated heterocycles. The van der Waals surface area contributed by atoms with Crippen LogP contribution in [0.4, 0.5) is 0 Å². The van der Waals surface area contributed by atoms with Crippen LogP contribution >= 0.6 is 11.6 Å². The molecule has 0 atom stereocenters. The molecule has 2 rings (SSSR count). The topological polar surface area (TPSA) is 49.3 Å². The van der Waals surface area contributed by atoms with E-state index in [1.165, 1.54) is 0 Å². The number of hydrogen-bond donors (Lipinski definition) is 2. The van der Waals surface area contributed by atoms with Crippen molar-refractivity contribution in [1.82, 2.24) is 5.32 Å². The number of hydrogen-bond acceptors (Lipinski definition) is 2. The predicted octanol–water partition coefficient (Wildman–Crippen LogP) is 2.46. The Bertz CT molecular complexity index is 397. The number of halogens is 1. The standard InChI is InChI=1S/C14H18ClNO2/c15-9-10-1-3-11(4-2-10)14(18)16-12-5-7-13(17)8-6-12/h1-4,12-13,17H,5-9H2,(H,16,18). The van der Waals surface area contributed by atoms with Crippen LogP contribution in [-0.4, -0.2) is 23.2 Å². The van der Waals surface area contributed by atoms with Gasteiger partial charge in [-0.3, -0.25) is 4.79 Å². The van der Waals surface area contributed by atoms with Crippen LogP contribution in [0.5, 0.6) is 0 Å². The van der Waals surface area contributed by atoms with Crippen LogP contribution in [0.3, 0.4) is 0 Å². The molecule has 0 radical (unpaired) electrons. The van der Waals surface area contributed by atoms with E-state index in [-0.39, 0.29) is 18.1 Å². The van der Waals surface area contributed by atoms with Gasteiger partial charge < -0.3 is 10.4 Å². The van der Waals surface area contributed by atoms with Gasteiger partial charge in [-0.2, -0.15) is 0 Å². The maximum absolute atomic E-state index is 12.0. The number of rotatable bonds is 3. The molecule has 1 aromatic rings. The fourth-order valence-corrected chi connectivity index (χ4v) is 2.41. The molecular formula is C14H18ClNO2. The maximum atomic E-state index is 12.0. The Labute approximate surface area is 112 Å². The van der Waals surface area contributed by atoms with Gasteiger partial charge in [0.25, 0.3) is 5.91 Å². The fourth-order valence-electron chi connectivity index (χ4n) is 2.23. The maximum Gasteiger partial charge on any atom is 0.251 e. The normalized spacial score (nSPS) is 23.7. The van der Waals surface area contributed by atoms with Crippen molar-refractivity contribution >= 4 is 17.5 Å². The van der Waals surface area contributed by atoms with Gasteiger partial charge in [-0.25, -0.2) is 0 Å². The van der Waals surface area contributed by atoms with Crippen molar-refractivity contribution in [3.05, 3.63) is 35.4 Å². The van der Waals surface area contributed by atoms with Crippen molar-refractivity contribution in [3.63, 3.8) is 0 Å². The van der Waals surface area contributed by atoms with Crippen LogP contribution in [-0.2, 0) is 5.88 Å². The summed E-state index contributed by atoms with van der Waals surface area (Å²) in [5.74, 6) is 0.417. The smallest absolute Gasteiger partial charge is 0.251 e. The number of alkyl halides is 1. The first kappa shape index (κ1) is 13.4. The first-order chi connectivity index (χ1) is 8.69. The lowest BCUT2D eigenvalue weighted by atomic mass is 9.93. The molecular weight excluding hydrogens is 250 g/mol. The molecule has 1 aromatic carbocycles. The molecule has 4 heteroatoms. The SMILES string of the molecule is O=C(NC1CCC(O)CC1)c1ccc(CCl)cc1. The van der Waals surface area contributed by atoms with Crippen molar-refractivity contribution in [1.29, 1.82) is 0 Å². The molecule has 0 aromatic heterocycles. The second-order valence-corrected chi connectivity index (χ2v) is 5.08. The van der Waals surface area contributed by atoms with E-state index < -0.39 is 0 Å². The Hall–Kier alpha value is -1.06. The number of benzene rings is 1. The monoisotopic (exact) mass is 267 g/mol. The van der Waals surface area contributed by atoms with Gasteiger partial charge in [0.15, 0.2) is 0 Å². The van der Waals surface area contributed by atoms with Gasteiger partial charge in [-0.1, -0.05) is 12.1 Å². The van der Waals surface area contributed by atoms with E-state index in [9.17, 15) is 9.90 Å². The summed E-state index contributed by atoms with van der Waals surface area (Å²) in [5, 5.41) is 12.4. The molecule has 0 aliphatic heterocycles. The minimum Gasteiger partial charge on any atom is -0.393 e. The minimum absolute atomic E-state index is 0.0440. The Kier molecular flexibility index (Phi) is 4.61. The Morgan fingerprint density at radius 1 is 1.22 bits per heavy atom. The molecule has 2 N–H and O–H groups in total. The van der Waals surface area contributed by atoms with E-state index >= 15 is 0 Å². The Balaban J connectivity index is 1.90. The van der Waals surface area contributed by atoms with Gasteiger partial charge in [0, 0.05) is 17.5 Å². The van der Waals surface area contributed by atoms with Crippen LogP contribution in [0.1, 0.15) is 41.6 Å². The molecule has 18 heavy (non-hydrogen) atoms. The van der Waals surface area contributed by atoms with Gasteiger partial charge in [-0.05, 0) is 43.4 Å². The molecule has 1 saturated carbocycles. The van der Waals surface area contributed by atoms with E-state index in [2.05, 4.69) is 5.32 Å². The molecule has 0 bridgehead atoms. The highest BCUT2D eigenvalue weighted by Crippen LogP contribution is 2.18. The zero-order valence-corrected chi connectivity index (χ0v) is 11.0. The molecule has 0 spiro atoms. The second-order valence-electron chi connectivity index (χ2n) is 4.81. The molecule has 1 aliphatic carbocycles. The zero-order valence-electron chi connectivity index (χ0n) is 10.2. The van der Waals surface area contributed by atoms with Crippen molar-refractivity contribution in [2.24, 2.45) is 0 Å². The predicted molar refractivity (Wildman–Crippen MR) is 71.7 cm³/mol. The summed E-state index contributed by atoms with van der Waals surface area (Å²) in [6.07, 6.45) is 3.06. The van der Waals surface area contributed by atoms with Gasteiger partial charge in [0.1, 0.15) is 0 Å². The van der Waals surface area contributed by atoms with E-state index in [0.29, 0.717) is 11.4 Å². The van der Waals surface area contributed by atoms with Gasteiger partial charge in [-0.15, -0.1) is 11.6 Å². The van der Waals surface area contributed by atoms with Gasteiger partial charge in [0.2, 0.25) is 0 Å². The van der Waals surface area contributed by atoms with E-state index in [1.807, 2.05) is 12.1 Å². The summed E-state index contributed by atoms with van der Waals surface area (Å²) in [4.78, 5) is 12.0. The average molecular weight is 268 g/mol. The number of aliphatic hydroxyl groups is 1. The van der Waals surface area contributed by atoms with E-state index in [4.69, 9.17) is 11.6 Å². The first-order valence-electron chi connectivity index (χ1n) is 6.33. The van der Waals surface area contributed by atoms with Crippen LogP contribution in [0.15, 0.2) is 24.3 Å². The van der Waals surface area contributed by atoms with Gasteiger partial charge >= 0.3 is 0 Å². The Morgan fingerprint density at radius 3 is 2.39 bits per heavy atom. The first-order valence-corrected chi connectivity index (χ1v) is 6.86. The van der Waals surface area contributed by atoms with Gasteiger partial charge in [0.05, 0.1) is 6.10 Å². The molecule has 3 nitrogen and oxygen atoms in total. The average Bonchev–Trinajstić information content (AvgIpc) is 2.41. The molecule has 0 heterocycles. The summed E-state index contributed by atoms with van der Waals surface area (Å²) in [7, 11) is 0. The van der Waals surface area contributed by atoms with Crippen LogP contribution in [0.25, 0.3) is 0 Å². The van der Waals surface area contributed by atoms with Crippen LogP contribution < -0.4 is 5.32 Å². The second kappa shape index (κ2) is 6.21. The van der Waals surface area contributed by atoms with Crippen LogP contribution in [0.2, 0.25) is 0 Å².